The van der Waals surface area contributed by atoms with Gasteiger partial charge in [-0.05, 0) is 36.5 Å². The second kappa shape index (κ2) is 5.24. The van der Waals surface area contributed by atoms with Crippen LogP contribution < -0.4 is 5.32 Å². The van der Waals surface area contributed by atoms with Gasteiger partial charge in [0.15, 0.2) is 0 Å². The molecule has 2 aromatic rings. The predicted molar refractivity (Wildman–Crippen MR) is 75.3 cm³/mol. The molecule has 1 fully saturated rings. The summed E-state index contributed by atoms with van der Waals surface area (Å²) in [5, 5.41) is 3.53. The monoisotopic (exact) mass is 305 g/mol. The fraction of sp³-hybridized carbons (Fsp3) is 0.357. The van der Waals surface area contributed by atoms with Crippen molar-refractivity contribution >= 4 is 15.9 Å². The molecule has 94 valence electrons. The number of H-pyrrole nitrogens is 1. The van der Waals surface area contributed by atoms with E-state index in [1.54, 1.807) is 6.20 Å². The zero-order valence-corrected chi connectivity index (χ0v) is 11.7. The van der Waals surface area contributed by atoms with E-state index in [0.29, 0.717) is 12.0 Å². The van der Waals surface area contributed by atoms with Crippen LogP contribution in [0.2, 0.25) is 0 Å². The molecule has 3 rings (SSSR count). The minimum Gasteiger partial charge on any atom is -0.348 e. The van der Waals surface area contributed by atoms with Gasteiger partial charge < -0.3 is 10.3 Å². The quantitative estimate of drug-likeness (QED) is 0.910. The molecule has 0 atom stereocenters. The number of benzene rings is 1. The maximum Gasteiger partial charge on any atom is 0.120 e. The van der Waals surface area contributed by atoms with Crippen molar-refractivity contribution in [3.05, 3.63) is 52.5 Å². The first-order valence-corrected chi connectivity index (χ1v) is 7.07. The lowest BCUT2D eigenvalue weighted by atomic mass is 9.76. The minimum absolute atomic E-state index is 0.624. The molecular weight excluding hydrogens is 290 g/mol. The topological polar surface area (TPSA) is 40.7 Å². The number of nitrogens with zero attached hydrogens (tertiary/aromatic N) is 1. The Labute approximate surface area is 115 Å². The van der Waals surface area contributed by atoms with E-state index in [1.807, 2.05) is 6.20 Å². The van der Waals surface area contributed by atoms with Gasteiger partial charge in [-0.2, -0.15) is 0 Å². The molecular formula is C14H16BrN3. The molecule has 4 heteroatoms. The summed E-state index contributed by atoms with van der Waals surface area (Å²) in [5.41, 5.74) is 1.44. The third-order valence-corrected chi connectivity index (χ3v) is 4.06. The predicted octanol–water partition coefficient (Wildman–Crippen LogP) is 3.21. The molecule has 0 radical (unpaired) electrons. The van der Waals surface area contributed by atoms with Gasteiger partial charge in [0.1, 0.15) is 5.82 Å². The normalized spacial score (nSPS) is 22.7. The van der Waals surface area contributed by atoms with Crippen molar-refractivity contribution in [1.82, 2.24) is 15.3 Å². The van der Waals surface area contributed by atoms with Gasteiger partial charge in [-0.25, -0.2) is 4.98 Å². The zero-order chi connectivity index (χ0) is 12.4. The largest absolute Gasteiger partial charge is 0.348 e. The highest BCUT2D eigenvalue weighted by Gasteiger charge is 2.29. The van der Waals surface area contributed by atoms with E-state index in [2.05, 4.69) is 55.5 Å². The number of aromatic nitrogens is 2. The van der Waals surface area contributed by atoms with Crippen LogP contribution >= 0.6 is 15.9 Å². The summed E-state index contributed by atoms with van der Waals surface area (Å²) >= 11 is 3.53. The summed E-state index contributed by atoms with van der Waals surface area (Å²) in [5.74, 6) is 1.72. The third-order valence-electron chi connectivity index (χ3n) is 3.57. The minimum atomic E-state index is 0.624. The van der Waals surface area contributed by atoms with E-state index >= 15 is 0 Å². The average Bonchev–Trinajstić information content (AvgIpc) is 2.80. The van der Waals surface area contributed by atoms with Gasteiger partial charge in [-0.15, -0.1) is 0 Å². The molecule has 18 heavy (non-hydrogen) atoms. The van der Waals surface area contributed by atoms with Crippen molar-refractivity contribution in [2.75, 3.05) is 0 Å². The molecule has 0 saturated heterocycles. The van der Waals surface area contributed by atoms with Crippen molar-refractivity contribution < 1.29 is 0 Å². The molecule has 3 nitrogen and oxygen atoms in total. The van der Waals surface area contributed by atoms with Crippen LogP contribution in [0.5, 0.6) is 0 Å². The summed E-state index contributed by atoms with van der Waals surface area (Å²) < 4.78 is 1.17. The standard InChI is InChI=1S/C14H16BrN3/c15-12-3-1-2-10(6-12)11-7-13(8-11)18-9-14-16-4-5-17-14/h1-6,11,13,18H,7-9H2,(H,16,17). The Hall–Kier alpha value is -1.13. The summed E-state index contributed by atoms with van der Waals surface area (Å²) in [7, 11) is 0. The zero-order valence-electron chi connectivity index (χ0n) is 10.1. The van der Waals surface area contributed by atoms with Crippen LogP contribution in [-0.2, 0) is 6.54 Å². The molecule has 1 aromatic heterocycles. The molecule has 0 bridgehead atoms. The van der Waals surface area contributed by atoms with E-state index in [4.69, 9.17) is 0 Å². The molecule has 2 N–H and O–H groups in total. The number of imidazole rings is 1. The maximum absolute atomic E-state index is 4.21. The first-order valence-electron chi connectivity index (χ1n) is 6.28. The highest BCUT2D eigenvalue weighted by Crippen LogP contribution is 2.37. The lowest BCUT2D eigenvalue weighted by molar-refractivity contribution is 0.287. The molecule has 0 amide bonds. The molecule has 1 aromatic carbocycles. The number of aromatic amines is 1. The van der Waals surface area contributed by atoms with Gasteiger partial charge in [-0.3, -0.25) is 0 Å². The van der Waals surface area contributed by atoms with Gasteiger partial charge >= 0.3 is 0 Å². The van der Waals surface area contributed by atoms with E-state index in [-0.39, 0.29) is 0 Å². The summed E-state index contributed by atoms with van der Waals surface area (Å²) in [4.78, 5) is 7.32. The van der Waals surface area contributed by atoms with Crippen molar-refractivity contribution in [2.45, 2.75) is 31.3 Å². The van der Waals surface area contributed by atoms with Gasteiger partial charge in [-0.1, -0.05) is 28.1 Å². The Morgan fingerprint density at radius 3 is 3.00 bits per heavy atom. The Balaban J connectivity index is 1.48. The van der Waals surface area contributed by atoms with Crippen LogP contribution in [0.15, 0.2) is 41.1 Å². The molecule has 0 spiro atoms. The lowest BCUT2D eigenvalue weighted by Crippen LogP contribution is -2.39. The van der Waals surface area contributed by atoms with E-state index in [9.17, 15) is 0 Å². The van der Waals surface area contributed by atoms with Crippen LogP contribution in [0.25, 0.3) is 0 Å². The number of rotatable bonds is 4. The fourth-order valence-corrected chi connectivity index (χ4v) is 2.87. The third kappa shape index (κ3) is 2.65. The Bertz CT molecular complexity index is 504. The van der Waals surface area contributed by atoms with Crippen molar-refractivity contribution in [3.8, 4) is 0 Å². The Kier molecular flexibility index (Phi) is 3.48. The first-order chi connectivity index (χ1) is 8.81. The number of hydrogen-bond donors (Lipinski definition) is 2. The second-order valence-electron chi connectivity index (χ2n) is 4.84. The fourth-order valence-electron chi connectivity index (χ4n) is 2.45. The number of hydrogen-bond acceptors (Lipinski definition) is 2. The van der Waals surface area contributed by atoms with Crippen molar-refractivity contribution in [1.29, 1.82) is 0 Å². The molecule has 1 heterocycles. The SMILES string of the molecule is Brc1cccc(C2CC(NCc3ncc[nH]3)C2)c1. The van der Waals surface area contributed by atoms with Crippen molar-refractivity contribution in [2.24, 2.45) is 0 Å². The molecule has 1 aliphatic rings. The number of halogens is 1. The van der Waals surface area contributed by atoms with Gasteiger partial charge in [0, 0.05) is 22.9 Å². The molecule has 0 unspecified atom stereocenters. The Morgan fingerprint density at radius 2 is 2.28 bits per heavy atom. The van der Waals surface area contributed by atoms with Gasteiger partial charge in [0.25, 0.3) is 0 Å². The van der Waals surface area contributed by atoms with E-state index in [1.165, 1.54) is 22.9 Å². The molecule has 1 aliphatic carbocycles. The first kappa shape index (κ1) is 11.9. The van der Waals surface area contributed by atoms with E-state index in [0.717, 1.165) is 12.4 Å². The number of nitrogens with one attached hydrogen (secondary N) is 2. The van der Waals surface area contributed by atoms with Crippen LogP contribution in [-0.4, -0.2) is 16.0 Å². The van der Waals surface area contributed by atoms with Crippen LogP contribution in [0.1, 0.15) is 30.1 Å². The Morgan fingerprint density at radius 1 is 1.39 bits per heavy atom. The van der Waals surface area contributed by atoms with Crippen LogP contribution in [0.3, 0.4) is 0 Å². The highest BCUT2D eigenvalue weighted by molar-refractivity contribution is 9.10. The maximum atomic E-state index is 4.21. The van der Waals surface area contributed by atoms with Crippen molar-refractivity contribution in [3.63, 3.8) is 0 Å². The smallest absolute Gasteiger partial charge is 0.120 e. The second-order valence-corrected chi connectivity index (χ2v) is 5.75. The highest BCUT2D eigenvalue weighted by atomic mass is 79.9. The molecule has 0 aliphatic heterocycles. The van der Waals surface area contributed by atoms with Crippen LogP contribution in [0.4, 0.5) is 0 Å². The summed E-state index contributed by atoms with van der Waals surface area (Å²) in [6, 6.07) is 9.27. The average molecular weight is 306 g/mol. The summed E-state index contributed by atoms with van der Waals surface area (Å²) in [6.45, 7) is 0.836. The lowest BCUT2D eigenvalue weighted by Gasteiger charge is -2.36. The molecule has 1 saturated carbocycles. The van der Waals surface area contributed by atoms with Gasteiger partial charge in [0.2, 0.25) is 0 Å². The van der Waals surface area contributed by atoms with Crippen LogP contribution in [0, 0.1) is 0 Å². The van der Waals surface area contributed by atoms with Gasteiger partial charge in [0.05, 0.1) is 6.54 Å². The van der Waals surface area contributed by atoms with E-state index < -0.39 is 0 Å². The summed E-state index contributed by atoms with van der Waals surface area (Å²) in [6.07, 6.45) is 6.10.